The predicted octanol–water partition coefficient (Wildman–Crippen LogP) is 5.50. The molecule has 1 N–H and O–H groups in total. The minimum Gasteiger partial charge on any atom is -0.507 e. The van der Waals surface area contributed by atoms with Crippen LogP contribution in [0.25, 0.3) is 10.8 Å². The van der Waals surface area contributed by atoms with E-state index >= 15 is 0 Å². The van der Waals surface area contributed by atoms with Gasteiger partial charge in [-0.2, -0.15) is 0 Å². The second-order valence-electron chi connectivity index (χ2n) is 8.17. The monoisotopic (exact) mass is 374 g/mol. The van der Waals surface area contributed by atoms with Crippen molar-refractivity contribution in [3.63, 3.8) is 0 Å². The summed E-state index contributed by atoms with van der Waals surface area (Å²) in [5, 5.41) is 12.1. The van der Waals surface area contributed by atoms with Gasteiger partial charge in [-0.3, -0.25) is 0 Å². The Kier molecular flexibility index (Phi) is 6.47. The van der Waals surface area contributed by atoms with E-state index < -0.39 is 14.3 Å². The molecule has 0 bridgehead atoms. The van der Waals surface area contributed by atoms with E-state index in [4.69, 9.17) is 9.16 Å². The Hall–Kier alpha value is -1.85. The van der Waals surface area contributed by atoms with Crippen LogP contribution in [-0.2, 0) is 9.16 Å². The van der Waals surface area contributed by atoms with Crippen molar-refractivity contribution in [2.24, 2.45) is 0 Å². The van der Waals surface area contributed by atoms with Gasteiger partial charge < -0.3 is 14.3 Å². The van der Waals surface area contributed by atoms with Crippen molar-refractivity contribution in [3.05, 3.63) is 42.0 Å². The molecular weight excluding hydrogens is 344 g/mol. The van der Waals surface area contributed by atoms with Gasteiger partial charge in [0.1, 0.15) is 11.3 Å². The first-order chi connectivity index (χ1) is 12.1. The lowest BCUT2D eigenvalue weighted by Gasteiger charge is -2.36. The van der Waals surface area contributed by atoms with Gasteiger partial charge in [0.15, 0.2) is 8.32 Å². The second kappa shape index (κ2) is 8.23. The van der Waals surface area contributed by atoms with Crippen molar-refractivity contribution in [2.75, 3.05) is 13.2 Å². The normalized spacial score (nSPS) is 12.3. The van der Waals surface area contributed by atoms with Crippen LogP contribution in [0.4, 0.5) is 0 Å². The van der Waals surface area contributed by atoms with Crippen LogP contribution in [0, 0.1) is 0 Å². The van der Waals surface area contributed by atoms with E-state index in [1.54, 1.807) is 12.1 Å². The smallest absolute Gasteiger partial charge is 0.341 e. The maximum Gasteiger partial charge on any atom is 0.341 e. The minimum atomic E-state index is -1.71. The van der Waals surface area contributed by atoms with E-state index in [1.165, 1.54) is 0 Å². The quantitative estimate of drug-likeness (QED) is 0.395. The number of benzene rings is 2. The number of ether oxygens (including phenoxy) is 1. The minimum absolute atomic E-state index is 0.0463. The van der Waals surface area contributed by atoms with Crippen LogP contribution in [0.2, 0.25) is 18.1 Å². The summed E-state index contributed by atoms with van der Waals surface area (Å²) in [7, 11) is -1.71. The number of esters is 1. The third kappa shape index (κ3) is 5.08. The Morgan fingerprint density at radius 1 is 1.04 bits per heavy atom. The number of aromatic hydroxyl groups is 1. The highest BCUT2D eigenvalue weighted by atomic mass is 28.4. The van der Waals surface area contributed by atoms with Gasteiger partial charge in [-0.05, 0) is 53.9 Å². The molecule has 0 fully saturated rings. The molecule has 5 heteroatoms. The molecule has 142 valence electrons. The highest BCUT2D eigenvalue weighted by Gasteiger charge is 2.36. The van der Waals surface area contributed by atoms with Crippen LogP contribution in [0.1, 0.15) is 44.0 Å². The van der Waals surface area contributed by atoms with Crippen molar-refractivity contribution in [2.45, 2.75) is 51.7 Å². The zero-order chi connectivity index (χ0) is 19.4. The summed E-state index contributed by atoms with van der Waals surface area (Å²) in [6.45, 7) is 12.1. The molecule has 2 rings (SSSR count). The molecule has 0 aliphatic heterocycles. The average molecular weight is 375 g/mol. The summed E-state index contributed by atoms with van der Waals surface area (Å²) < 4.78 is 11.4. The fraction of sp³-hybridized carbons (Fsp3) is 0.476. The summed E-state index contributed by atoms with van der Waals surface area (Å²) in [6.07, 6.45) is 1.60. The van der Waals surface area contributed by atoms with E-state index in [9.17, 15) is 9.90 Å². The molecule has 0 radical (unpaired) electrons. The molecule has 0 spiro atoms. The van der Waals surface area contributed by atoms with Crippen LogP contribution < -0.4 is 0 Å². The molecule has 2 aromatic rings. The van der Waals surface area contributed by atoms with E-state index in [2.05, 4.69) is 33.9 Å². The number of fused-ring (bicyclic) bond motifs is 1. The predicted molar refractivity (Wildman–Crippen MR) is 108 cm³/mol. The van der Waals surface area contributed by atoms with Gasteiger partial charge in [0.05, 0.1) is 6.61 Å². The standard InChI is InChI=1S/C21H30O4Si/c1-21(2,3)26(4,5)25-13-9-8-12-24-20(23)18-14-16-10-6-7-11-17(16)15-19(18)22/h6-7,10-11,14-15,22H,8-9,12-13H2,1-5H3. The maximum absolute atomic E-state index is 12.2. The highest BCUT2D eigenvalue weighted by Crippen LogP contribution is 2.36. The van der Waals surface area contributed by atoms with Crippen molar-refractivity contribution in [1.82, 2.24) is 0 Å². The molecule has 0 amide bonds. The fourth-order valence-corrected chi connectivity index (χ4v) is 3.47. The van der Waals surface area contributed by atoms with Gasteiger partial charge in [0, 0.05) is 6.61 Å². The SMILES string of the molecule is CC(C)(C)[Si](C)(C)OCCCCOC(=O)c1cc2ccccc2cc1O. The molecule has 0 atom stereocenters. The van der Waals surface area contributed by atoms with E-state index in [0.717, 1.165) is 23.6 Å². The molecule has 0 aromatic heterocycles. The van der Waals surface area contributed by atoms with E-state index in [1.807, 2.05) is 24.3 Å². The number of hydrogen-bond acceptors (Lipinski definition) is 4. The van der Waals surface area contributed by atoms with Crippen LogP contribution in [0.3, 0.4) is 0 Å². The molecular formula is C21H30O4Si. The first-order valence-corrected chi connectivity index (χ1v) is 12.1. The van der Waals surface area contributed by atoms with Crippen molar-refractivity contribution in [1.29, 1.82) is 0 Å². The third-order valence-electron chi connectivity index (χ3n) is 5.12. The van der Waals surface area contributed by atoms with Crippen LogP contribution >= 0.6 is 0 Å². The molecule has 0 saturated heterocycles. The maximum atomic E-state index is 12.2. The Bertz CT molecular complexity index is 762. The van der Waals surface area contributed by atoms with E-state index in [0.29, 0.717) is 13.2 Å². The fourth-order valence-electron chi connectivity index (χ4n) is 2.38. The summed E-state index contributed by atoms with van der Waals surface area (Å²) in [4.78, 5) is 12.2. The van der Waals surface area contributed by atoms with Gasteiger partial charge >= 0.3 is 5.97 Å². The van der Waals surface area contributed by atoms with Crippen LogP contribution in [-0.4, -0.2) is 32.6 Å². The first-order valence-electron chi connectivity index (χ1n) is 9.15. The lowest BCUT2D eigenvalue weighted by molar-refractivity contribution is 0.0490. The zero-order valence-electron chi connectivity index (χ0n) is 16.5. The van der Waals surface area contributed by atoms with Crippen LogP contribution in [0.5, 0.6) is 5.75 Å². The molecule has 2 aromatic carbocycles. The van der Waals surface area contributed by atoms with Gasteiger partial charge in [0.25, 0.3) is 0 Å². The zero-order valence-corrected chi connectivity index (χ0v) is 17.5. The Morgan fingerprint density at radius 3 is 2.23 bits per heavy atom. The van der Waals surface area contributed by atoms with Crippen molar-refractivity contribution in [3.8, 4) is 5.75 Å². The van der Waals surface area contributed by atoms with Crippen LogP contribution in [0.15, 0.2) is 36.4 Å². The first kappa shape index (κ1) is 20.5. The molecule has 0 unspecified atom stereocenters. The number of phenols is 1. The van der Waals surface area contributed by atoms with Gasteiger partial charge in [-0.25, -0.2) is 4.79 Å². The Labute approximate surface area is 157 Å². The highest BCUT2D eigenvalue weighted by molar-refractivity contribution is 6.74. The number of hydrogen-bond donors (Lipinski definition) is 1. The lowest BCUT2D eigenvalue weighted by atomic mass is 10.1. The third-order valence-corrected chi connectivity index (χ3v) is 9.66. The van der Waals surface area contributed by atoms with Gasteiger partial charge in [0.2, 0.25) is 0 Å². The largest absolute Gasteiger partial charge is 0.507 e. The summed E-state index contributed by atoms with van der Waals surface area (Å²) in [5.74, 6) is -0.534. The van der Waals surface area contributed by atoms with Crippen molar-refractivity contribution >= 4 is 25.1 Å². The molecule has 4 nitrogen and oxygen atoms in total. The molecule has 0 saturated carbocycles. The lowest BCUT2D eigenvalue weighted by Crippen LogP contribution is -2.41. The molecule has 0 aliphatic carbocycles. The summed E-state index contributed by atoms with van der Waals surface area (Å²) in [5.41, 5.74) is 0.209. The molecule has 0 aliphatic rings. The number of phenolic OH excluding ortho intramolecular Hbond substituents is 1. The number of rotatable bonds is 7. The Morgan fingerprint density at radius 2 is 1.62 bits per heavy atom. The molecule has 0 heterocycles. The molecule has 26 heavy (non-hydrogen) atoms. The summed E-state index contributed by atoms with van der Waals surface area (Å²) in [6, 6.07) is 10.9. The number of unbranched alkanes of at least 4 members (excludes halogenated alkanes) is 1. The Balaban J connectivity index is 1.80. The van der Waals surface area contributed by atoms with E-state index in [-0.39, 0.29) is 16.4 Å². The van der Waals surface area contributed by atoms with Gasteiger partial charge in [-0.1, -0.05) is 45.0 Å². The topological polar surface area (TPSA) is 55.8 Å². The van der Waals surface area contributed by atoms with Gasteiger partial charge in [-0.15, -0.1) is 0 Å². The average Bonchev–Trinajstić information content (AvgIpc) is 2.56. The van der Waals surface area contributed by atoms with Crippen molar-refractivity contribution < 1.29 is 19.1 Å². The number of carbonyl (C=O) groups excluding carboxylic acids is 1. The summed E-state index contributed by atoms with van der Waals surface area (Å²) >= 11 is 0. The second-order valence-corrected chi connectivity index (χ2v) is 13.0. The number of carbonyl (C=O) groups is 1.